The van der Waals surface area contributed by atoms with Crippen LogP contribution in [0.1, 0.15) is 13.8 Å². The molecule has 0 aliphatic heterocycles. The highest BCUT2D eigenvalue weighted by Crippen LogP contribution is 2.29. The summed E-state index contributed by atoms with van der Waals surface area (Å²) in [5, 5.41) is -0.130. The summed E-state index contributed by atoms with van der Waals surface area (Å²) in [7, 11) is 5.92. The number of rotatable bonds is 1. The Morgan fingerprint density at radius 2 is 1.69 bits per heavy atom. The molecule has 5 heteroatoms. The van der Waals surface area contributed by atoms with E-state index in [-0.39, 0.29) is 9.92 Å². The summed E-state index contributed by atoms with van der Waals surface area (Å²) in [5.41, 5.74) is 0. The first-order chi connectivity index (χ1) is 6.15. The minimum atomic E-state index is -0.779. The van der Waals surface area contributed by atoms with Crippen LogP contribution in [-0.4, -0.2) is 0 Å². The topological polar surface area (TPSA) is 0 Å². The van der Waals surface area contributed by atoms with Crippen LogP contribution in [0.2, 0.25) is 5.02 Å². The van der Waals surface area contributed by atoms with Crippen LogP contribution in [0.15, 0.2) is 17.0 Å². The van der Waals surface area contributed by atoms with Gasteiger partial charge in [-0.05, 0) is 27.7 Å². The highest BCUT2D eigenvalue weighted by molar-refractivity contribution is 8.21. The van der Waals surface area contributed by atoms with E-state index < -0.39 is 11.6 Å². The molecule has 1 aromatic rings. The molecule has 0 saturated heterocycles. The van der Waals surface area contributed by atoms with Crippen LogP contribution >= 0.6 is 33.3 Å². The minimum absolute atomic E-state index is 0.123. The fourth-order valence-corrected chi connectivity index (χ4v) is 1.44. The van der Waals surface area contributed by atoms with E-state index in [1.165, 1.54) is 0 Å². The van der Waals surface area contributed by atoms with Gasteiger partial charge in [0, 0.05) is 6.07 Å². The zero-order chi connectivity index (χ0) is 10.4. The van der Waals surface area contributed by atoms with Gasteiger partial charge < -0.3 is 0 Å². The third-order valence-corrected chi connectivity index (χ3v) is 2.33. The van der Waals surface area contributed by atoms with Crippen molar-refractivity contribution in [1.29, 1.82) is 0 Å². The van der Waals surface area contributed by atoms with E-state index in [1.54, 1.807) is 0 Å². The van der Waals surface area contributed by atoms with Gasteiger partial charge in [-0.3, -0.25) is 0 Å². The molecule has 1 rings (SSSR count). The zero-order valence-electron chi connectivity index (χ0n) is 7.07. The Morgan fingerprint density at radius 3 is 2.15 bits per heavy atom. The SMILES string of the molecule is CC.Fc1cc(F)c(SCl)cc1Cl. The van der Waals surface area contributed by atoms with E-state index >= 15 is 0 Å². The molecule has 0 saturated carbocycles. The van der Waals surface area contributed by atoms with Crippen LogP contribution < -0.4 is 0 Å². The van der Waals surface area contributed by atoms with Gasteiger partial charge >= 0.3 is 0 Å². The molecule has 0 unspecified atom stereocenters. The van der Waals surface area contributed by atoms with Crippen LogP contribution in [0.4, 0.5) is 8.78 Å². The maximum atomic E-state index is 12.6. The van der Waals surface area contributed by atoms with Gasteiger partial charge in [-0.15, -0.1) is 0 Å². The van der Waals surface area contributed by atoms with Gasteiger partial charge in [-0.2, -0.15) is 0 Å². The zero-order valence-corrected chi connectivity index (χ0v) is 9.40. The van der Waals surface area contributed by atoms with Crippen LogP contribution in [-0.2, 0) is 0 Å². The van der Waals surface area contributed by atoms with Crippen molar-refractivity contribution in [2.45, 2.75) is 18.7 Å². The molecule has 0 heterocycles. The summed E-state index contributed by atoms with van der Waals surface area (Å²) in [6.07, 6.45) is 0. The van der Waals surface area contributed by atoms with Gasteiger partial charge in [0.2, 0.25) is 0 Å². The predicted octanol–water partition coefficient (Wildman–Crippen LogP) is 4.89. The molecule has 0 atom stereocenters. The molecular formula is C8H8Cl2F2S. The number of halogens is 4. The Kier molecular flexibility index (Phi) is 6.47. The third-order valence-electron chi connectivity index (χ3n) is 1.06. The Hall–Kier alpha value is 0.01000. The maximum absolute atomic E-state index is 12.6. The Balaban J connectivity index is 0.000000671. The summed E-state index contributed by atoms with van der Waals surface area (Å²) in [6.45, 7) is 4.00. The van der Waals surface area contributed by atoms with Crippen molar-refractivity contribution in [2.24, 2.45) is 0 Å². The van der Waals surface area contributed by atoms with Crippen molar-refractivity contribution < 1.29 is 8.78 Å². The van der Waals surface area contributed by atoms with E-state index in [0.29, 0.717) is 17.0 Å². The lowest BCUT2D eigenvalue weighted by Gasteiger charge is -1.98. The monoisotopic (exact) mass is 244 g/mol. The smallest absolute Gasteiger partial charge is 0.144 e. The van der Waals surface area contributed by atoms with E-state index in [2.05, 4.69) is 0 Å². The third kappa shape index (κ3) is 3.71. The second-order valence-electron chi connectivity index (χ2n) is 1.77. The molecule has 1 aromatic carbocycles. The fourth-order valence-electron chi connectivity index (χ4n) is 0.563. The van der Waals surface area contributed by atoms with Crippen molar-refractivity contribution in [3.05, 3.63) is 28.8 Å². The number of benzene rings is 1. The number of hydrogen-bond acceptors (Lipinski definition) is 1. The molecule has 0 N–H and O–H groups in total. The maximum Gasteiger partial charge on any atom is 0.144 e. The summed E-state index contributed by atoms with van der Waals surface area (Å²) in [4.78, 5) is 0.123. The minimum Gasteiger partial charge on any atom is -0.206 e. The van der Waals surface area contributed by atoms with E-state index in [9.17, 15) is 8.78 Å². The number of hydrogen-bond donors (Lipinski definition) is 0. The molecule has 0 spiro atoms. The van der Waals surface area contributed by atoms with Gasteiger partial charge in [0.25, 0.3) is 0 Å². The van der Waals surface area contributed by atoms with Gasteiger partial charge in [0.1, 0.15) is 11.6 Å². The first-order valence-electron chi connectivity index (χ1n) is 3.58. The largest absolute Gasteiger partial charge is 0.206 e. The first kappa shape index (κ1) is 13.0. The van der Waals surface area contributed by atoms with Gasteiger partial charge in [0.15, 0.2) is 0 Å². The highest BCUT2D eigenvalue weighted by atomic mass is 35.7. The van der Waals surface area contributed by atoms with Crippen molar-refractivity contribution in [2.75, 3.05) is 0 Å². The molecule has 0 radical (unpaired) electrons. The molecule has 13 heavy (non-hydrogen) atoms. The fraction of sp³-hybridized carbons (Fsp3) is 0.250. The average Bonchev–Trinajstić information content (AvgIpc) is 2.15. The summed E-state index contributed by atoms with van der Waals surface area (Å²) >= 11 is 5.35. The molecule has 0 aliphatic carbocycles. The van der Waals surface area contributed by atoms with E-state index in [1.807, 2.05) is 13.8 Å². The standard InChI is InChI=1S/C6H2Cl2F2S.C2H6/c7-3-1-6(11-8)5(10)2-4(3)9;1-2/h1-2H;1-2H3. The lowest BCUT2D eigenvalue weighted by Crippen LogP contribution is -1.83. The van der Waals surface area contributed by atoms with Crippen molar-refractivity contribution >= 4 is 33.3 Å². The van der Waals surface area contributed by atoms with Crippen LogP contribution in [0.3, 0.4) is 0 Å². The quantitative estimate of drug-likeness (QED) is 0.634. The Morgan fingerprint density at radius 1 is 1.15 bits per heavy atom. The molecule has 0 nitrogen and oxygen atoms in total. The first-order valence-corrected chi connectivity index (χ1v) is 5.60. The van der Waals surface area contributed by atoms with Crippen LogP contribution in [0, 0.1) is 11.6 Å². The molecule has 0 fully saturated rings. The average molecular weight is 245 g/mol. The van der Waals surface area contributed by atoms with Gasteiger partial charge in [-0.25, -0.2) is 8.78 Å². The van der Waals surface area contributed by atoms with Crippen LogP contribution in [0.5, 0.6) is 0 Å². The second-order valence-corrected chi connectivity index (χ2v) is 3.24. The molecule has 74 valence electrons. The lowest BCUT2D eigenvalue weighted by molar-refractivity contribution is 0.566. The molecule has 0 amide bonds. The molecule has 0 aliphatic rings. The van der Waals surface area contributed by atoms with Gasteiger partial charge in [-0.1, -0.05) is 25.4 Å². The predicted molar refractivity (Wildman–Crippen MR) is 54.4 cm³/mol. The van der Waals surface area contributed by atoms with Crippen LogP contribution in [0.25, 0.3) is 0 Å². The second kappa shape index (κ2) is 6.46. The van der Waals surface area contributed by atoms with Crippen molar-refractivity contribution in [1.82, 2.24) is 0 Å². The molecular weight excluding hydrogens is 237 g/mol. The highest BCUT2D eigenvalue weighted by Gasteiger charge is 2.07. The normalized spacial score (nSPS) is 9.08. The van der Waals surface area contributed by atoms with E-state index in [4.69, 9.17) is 22.3 Å². The van der Waals surface area contributed by atoms with Crippen molar-refractivity contribution in [3.8, 4) is 0 Å². The molecule has 0 bridgehead atoms. The lowest BCUT2D eigenvalue weighted by atomic mass is 10.3. The molecule has 0 aromatic heterocycles. The van der Waals surface area contributed by atoms with E-state index in [0.717, 1.165) is 6.07 Å². The summed E-state index contributed by atoms with van der Waals surface area (Å²) in [6, 6.07) is 1.84. The Labute approximate surface area is 89.7 Å². The van der Waals surface area contributed by atoms with Crippen molar-refractivity contribution in [3.63, 3.8) is 0 Å². The summed E-state index contributed by atoms with van der Waals surface area (Å²) < 4.78 is 25.1. The summed E-state index contributed by atoms with van der Waals surface area (Å²) in [5.74, 6) is -1.48. The van der Waals surface area contributed by atoms with Gasteiger partial charge in [0.05, 0.1) is 9.92 Å². The Bertz CT molecular complexity index is 279.